The Kier molecular flexibility index (Phi) is 3.71. The van der Waals surface area contributed by atoms with E-state index in [2.05, 4.69) is 5.32 Å². The van der Waals surface area contributed by atoms with Crippen molar-refractivity contribution in [1.29, 1.82) is 0 Å². The standard InChI is InChI=1S/C13H16N2O3S/c1-13(5-2-6-19-13)12(18)15-10-7-8(14)3-4-9(10)11(16)17/h3-4,7H,2,5-6,14H2,1H3,(H,15,18)(H,16,17). The summed E-state index contributed by atoms with van der Waals surface area (Å²) < 4.78 is -0.486. The quantitative estimate of drug-likeness (QED) is 0.738. The first-order valence-corrected chi connectivity index (χ1v) is 6.99. The Hall–Kier alpha value is -1.69. The second-order valence-corrected chi connectivity index (χ2v) is 6.35. The van der Waals surface area contributed by atoms with E-state index in [1.165, 1.54) is 18.2 Å². The molecule has 1 fully saturated rings. The SMILES string of the molecule is CC1(C(=O)Nc2cc(N)ccc2C(=O)O)CCCS1. The molecule has 1 aliphatic heterocycles. The van der Waals surface area contributed by atoms with E-state index in [9.17, 15) is 9.59 Å². The third kappa shape index (κ3) is 2.84. The van der Waals surface area contributed by atoms with E-state index in [0.29, 0.717) is 5.69 Å². The number of amides is 1. The largest absolute Gasteiger partial charge is 0.478 e. The van der Waals surface area contributed by atoms with Crippen LogP contribution < -0.4 is 11.1 Å². The minimum Gasteiger partial charge on any atom is -0.478 e. The van der Waals surface area contributed by atoms with Crippen LogP contribution in [-0.4, -0.2) is 27.5 Å². The molecule has 0 bridgehead atoms. The smallest absolute Gasteiger partial charge is 0.337 e. The number of hydrogen-bond acceptors (Lipinski definition) is 4. The summed E-state index contributed by atoms with van der Waals surface area (Å²) in [6, 6.07) is 4.38. The van der Waals surface area contributed by atoms with Crippen LogP contribution in [0.15, 0.2) is 18.2 Å². The molecular formula is C13H16N2O3S. The third-order valence-electron chi connectivity index (χ3n) is 3.22. The normalized spacial score (nSPS) is 22.2. The summed E-state index contributed by atoms with van der Waals surface area (Å²) in [5, 5.41) is 11.8. The Bertz CT molecular complexity index is 525. The van der Waals surface area contributed by atoms with Gasteiger partial charge in [-0.15, -0.1) is 11.8 Å². The van der Waals surface area contributed by atoms with Crippen molar-refractivity contribution in [3.8, 4) is 0 Å². The maximum atomic E-state index is 12.3. The number of nitrogen functional groups attached to an aromatic ring is 1. The number of carbonyl (C=O) groups excluding carboxylic acids is 1. The van der Waals surface area contributed by atoms with Gasteiger partial charge >= 0.3 is 5.97 Å². The van der Waals surface area contributed by atoms with Crippen molar-refractivity contribution in [2.75, 3.05) is 16.8 Å². The van der Waals surface area contributed by atoms with Crippen molar-refractivity contribution < 1.29 is 14.7 Å². The van der Waals surface area contributed by atoms with Crippen LogP contribution in [0.1, 0.15) is 30.1 Å². The molecule has 1 amide bonds. The lowest BCUT2D eigenvalue weighted by atomic mass is 10.0. The molecule has 0 aliphatic carbocycles. The molecule has 5 nitrogen and oxygen atoms in total. The molecule has 19 heavy (non-hydrogen) atoms. The summed E-state index contributed by atoms with van der Waals surface area (Å²) in [6.07, 6.45) is 1.80. The van der Waals surface area contributed by atoms with E-state index < -0.39 is 10.7 Å². The first-order valence-electron chi connectivity index (χ1n) is 6.00. The molecular weight excluding hydrogens is 264 g/mol. The lowest BCUT2D eigenvalue weighted by molar-refractivity contribution is -0.118. The molecule has 0 spiro atoms. The van der Waals surface area contributed by atoms with Crippen molar-refractivity contribution >= 4 is 35.0 Å². The predicted molar refractivity (Wildman–Crippen MR) is 76.5 cm³/mol. The van der Waals surface area contributed by atoms with Gasteiger partial charge in [-0.3, -0.25) is 4.79 Å². The van der Waals surface area contributed by atoms with E-state index in [0.717, 1.165) is 18.6 Å². The molecule has 0 radical (unpaired) electrons. The number of nitrogens with two attached hydrogens (primary N) is 1. The van der Waals surface area contributed by atoms with Gasteiger partial charge in [-0.2, -0.15) is 0 Å². The number of nitrogens with one attached hydrogen (secondary N) is 1. The second-order valence-electron chi connectivity index (χ2n) is 4.75. The number of rotatable bonds is 3. The lowest BCUT2D eigenvalue weighted by Crippen LogP contribution is -2.35. The molecule has 0 aromatic heterocycles. The van der Waals surface area contributed by atoms with Crippen LogP contribution in [0.4, 0.5) is 11.4 Å². The van der Waals surface area contributed by atoms with Crippen molar-refractivity contribution in [2.24, 2.45) is 0 Å². The number of benzene rings is 1. The summed E-state index contributed by atoms with van der Waals surface area (Å²) in [6.45, 7) is 1.88. The van der Waals surface area contributed by atoms with Gasteiger partial charge in [0.15, 0.2) is 0 Å². The lowest BCUT2D eigenvalue weighted by Gasteiger charge is -2.22. The molecule has 1 aromatic carbocycles. The molecule has 1 aromatic rings. The minimum absolute atomic E-state index is 0.0501. The van der Waals surface area contributed by atoms with E-state index >= 15 is 0 Å². The highest BCUT2D eigenvalue weighted by Crippen LogP contribution is 2.38. The van der Waals surface area contributed by atoms with E-state index in [1.807, 2.05) is 6.92 Å². The fourth-order valence-electron chi connectivity index (χ4n) is 2.06. The highest BCUT2D eigenvalue weighted by molar-refractivity contribution is 8.01. The fourth-order valence-corrected chi connectivity index (χ4v) is 3.27. The molecule has 1 aliphatic rings. The van der Waals surface area contributed by atoms with Crippen LogP contribution >= 0.6 is 11.8 Å². The zero-order valence-electron chi connectivity index (χ0n) is 10.6. The number of hydrogen-bond donors (Lipinski definition) is 3. The number of anilines is 2. The summed E-state index contributed by atoms with van der Waals surface area (Å²) in [4.78, 5) is 23.4. The first-order chi connectivity index (χ1) is 8.92. The van der Waals surface area contributed by atoms with Crippen molar-refractivity contribution in [3.05, 3.63) is 23.8 Å². The molecule has 1 atom stereocenters. The molecule has 1 unspecified atom stereocenters. The van der Waals surface area contributed by atoms with Crippen LogP contribution in [-0.2, 0) is 4.79 Å². The maximum Gasteiger partial charge on any atom is 0.337 e. The van der Waals surface area contributed by atoms with Gasteiger partial charge < -0.3 is 16.2 Å². The summed E-state index contributed by atoms with van der Waals surface area (Å²) in [5.74, 6) is -0.297. The van der Waals surface area contributed by atoms with Crippen LogP contribution in [0.2, 0.25) is 0 Å². The number of carboxylic acid groups (broad SMARTS) is 1. The summed E-state index contributed by atoms with van der Waals surface area (Å²) >= 11 is 1.60. The van der Waals surface area contributed by atoms with Gasteiger partial charge in [-0.1, -0.05) is 0 Å². The van der Waals surface area contributed by atoms with Gasteiger partial charge in [0, 0.05) is 5.69 Å². The number of thioether (sulfide) groups is 1. The van der Waals surface area contributed by atoms with Gasteiger partial charge in [-0.05, 0) is 43.7 Å². The highest BCUT2D eigenvalue weighted by atomic mass is 32.2. The van der Waals surface area contributed by atoms with Gasteiger partial charge in [0.2, 0.25) is 5.91 Å². The molecule has 0 saturated carbocycles. The van der Waals surface area contributed by atoms with Gasteiger partial charge in [-0.25, -0.2) is 4.79 Å². The number of carbonyl (C=O) groups is 2. The van der Waals surface area contributed by atoms with Gasteiger partial charge in [0.05, 0.1) is 16.0 Å². The Balaban J connectivity index is 2.25. The zero-order chi connectivity index (χ0) is 14.0. The topological polar surface area (TPSA) is 92.4 Å². The Morgan fingerprint density at radius 1 is 1.47 bits per heavy atom. The highest BCUT2D eigenvalue weighted by Gasteiger charge is 2.37. The first kappa shape index (κ1) is 13.7. The monoisotopic (exact) mass is 280 g/mol. The molecule has 6 heteroatoms. The van der Waals surface area contributed by atoms with Crippen LogP contribution in [0.5, 0.6) is 0 Å². The van der Waals surface area contributed by atoms with Crippen molar-refractivity contribution in [3.63, 3.8) is 0 Å². The Morgan fingerprint density at radius 2 is 2.21 bits per heavy atom. The van der Waals surface area contributed by atoms with Crippen molar-refractivity contribution in [1.82, 2.24) is 0 Å². The van der Waals surface area contributed by atoms with E-state index in [1.54, 1.807) is 11.8 Å². The predicted octanol–water partition coefficient (Wildman–Crippen LogP) is 2.19. The number of carboxylic acids is 1. The van der Waals surface area contributed by atoms with Crippen LogP contribution in [0.3, 0.4) is 0 Å². The van der Waals surface area contributed by atoms with Crippen LogP contribution in [0.25, 0.3) is 0 Å². The Morgan fingerprint density at radius 3 is 2.79 bits per heavy atom. The van der Waals surface area contributed by atoms with Gasteiger partial charge in [0.1, 0.15) is 0 Å². The Labute approximate surface area is 115 Å². The van der Waals surface area contributed by atoms with Crippen LogP contribution in [0, 0.1) is 0 Å². The molecule has 4 N–H and O–H groups in total. The average molecular weight is 280 g/mol. The average Bonchev–Trinajstić information content (AvgIpc) is 2.77. The zero-order valence-corrected chi connectivity index (χ0v) is 11.4. The summed E-state index contributed by atoms with van der Waals surface area (Å²) in [5.41, 5.74) is 6.37. The van der Waals surface area contributed by atoms with E-state index in [4.69, 9.17) is 10.8 Å². The molecule has 1 saturated heterocycles. The maximum absolute atomic E-state index is 12.3. The second kappa shape index (κ2) is 5.13. The number of aromatic carboxylic acids is 1. The minimum atomic E-state index is -1.08. The fraction of sp³-hybridized carbons (Fsp3) is 0.385. The van der Waals surface area contributed by atoms with Crippen molar-refractivity contribution in [2.45, 2.75) is 24.5 Å². The van der Waals surface area contributed by atoms with Gasteiger partial charge in [0.25, 0.3) is 0 Å². The summed E-state index contributed by atoms with van der Waals surface area (Å²) in [7, 11) is 0. The molecule has 1 heterocycles. The third-order valence-corrected chi connectivity index (χ3v) is 4.74. The molecule has 102 valence electrons. The van der Waals surface area contributed by atoms with E-state index in [-0.39, 0.29) is 17.2 Å². The molecule has 2 rings (SSSR count).